The lowest BCUT2D eigenvalue weighted by molar-refractivity contribution is 0.0494. The molecule has 0 unspecified atom stereocenters. The fourth-order valence-corrected chi connectivity index (χ4v) is 1.75. The summed E-state index contributed by atoms with van der Waals surface area (Å²) in [4.78, 5) is 15.3. The van der Waals surface area contributed by atoms with Gasteiger partial charge in [0.25, 0.3) is 0 Å². The second-order valence-corrected chi connectivity index (χ2v) is 4.46. The molecular weight excluding hydrogens is 194 g/mol. The highest BCUT2D eigenvalue weighted by atomic mass is 16.5. The zero-order chi connectivity index (χ0) is 11.5. The largest absolute Gasteiger partial charge is 0.453 e. The van der Waals surface area contributed by atoms with Gasteiger partial charge < -0.3 is 15.4 Å². The molecule has 1 saturated heterocycles. The van der Waals surface area contributed by atoms with Crippen LogP contribution in [0.15, 0.2) is 0 Å². The number of rotatable bonds is 2. The summed E-state index contributed by atoms with van der Waals surface area (Å²) in [6.45, 7) is 8.04. The van der Waals surface area contributed by atoms with Crippen LogP contribution in [0.2, 0.25) is 0 Å². The van der Waals surface area contributed by atoms with Crippen LogP contribution in [0.1, 0.15) is 13.8 Å². The van der Waals surface area contributed by atoms with Crippen LogP contribution in [0.5, 0.6) is 0 Å². The SMILES string of the molecule is COC(=O)N1CCN(C(C)(C)CN)CC1. The molecule has 1 fully saturated rings. The molecule has 0 saturated carbocycles. The number of nitrogens with zero attached hydrogens (tertiary/aromatic N) is 2. The van der Waals surface area contributed by atoms with Crippen molar-refractivity contribution >= 4 is 6.09 Å². The lowest BCUT2D eigenvalue weighted by Gasteiger charge is -2.43. The van der Waals surface area contributed by atoms with Crippen LogP contribution in [0, 0.1) is 0 Å². The van der Waals surface area contributed by atoms with Gasteiger partial charge in [0.2, 0.25) is 0 Å². The Morgan fingerprint density at radius 1 is 1.33 bits per heavy atom. The van der Waals surface area contributed by atoms with E-state index in [0.717, 1.165) is 26.2 Å². The molecule has 5 heteroatoms. The molecule has 0 aliphatic carbocycles. The van der Waals surface area contributed by atoms with E-state index < -0.39 is 0 Å². The molecule has 0 radical (unpaired) electrons. The fourth-order valence-electron chi connectivity index (χ4n) is 1.75. The van der Waals surface area contributed by atoms with Gasteiger partial charge in [-0.05, 0) is 13.8 Å². The van der Waals surface area contributed by atoms with Gasteiger partial charge in [0, 0.05) is 38.3 Å². The Morgan fingerprint density at radius 2 is 1.87 bits per heavy atom. The minimum Gasteiger partial charge on any atom is -0.453 e. The quantitative estimate of drug-likeness (QED) is 0.710. The van der Waals surface area contributed by atoms with Crippen LogP contribution >= 0.6 is 0 Å². The van der Waals surface area contributed by atoms with Gasteiger partial charge >= 0.3 is 6.09 Å². The molecule has 0 spiro atoms. The summed E-state index contributed by atoms with van der Waals surface area (Å²) in [6.07, 6.45) is -0.236. The molecule has 1 aliphatic rings. The van der Waals surface area contributed by atoms with Crippen molar-refractivity contribution in [3.05, 3.63) is 0 Å². The number of carbonyl (C=O) groups excluding carboxylic acids is 1. The number of methoxy groups -OCH3 is 1. The van der Waals surface area contributed by atoms with E-state index in [1.807, 2.05) is 0 Å². The average Bonchev–Trinajstić information content (AvgIpc) is 2.28. The summed E-state index contributed by atoms with van der Waals surface area (Å²) in [5.41, 5.74) is 5.73. The smallest absolute Gasteiger partial charge is 0.409 e. The summed E-state index contributed by atoms with van der Waals surface area (Å²) in [6, 6.07) is 0. The third kappa shape index (κ3) is 2.82. The predicted molar refractivity (Wildman–Crippen MR) is 58.7 cm³/mol. The van der Waals surface area contributed by atoms with Gasteiger partial charge in [0.1, 0.15) is 0 Å². The van der Waals surface area contributed by atoms with E-state index in [-0.39, 0.29) is 11.6 Å². The van der Waals surface area contributed by atoms with Crippen molar-refractivity contribution in [3.63, 3.8) is 0 Å². The van der Waals surface area contributed by atoms with Crippen LogP contribution < -0.4 is 5.73 Å². The average molecular weight is 215 g/mol. The van der Waals surface area contributed by atoms with Crippen LogP contribution in [-0.4, -0.2) is 61.3 Å². The summed E-state index contributed by atoms with van der Waals surface area (Å²) in [5.74, 6) is 0. The summed E-state index contributed by atoms with van der Waals surface area (Å²) in [7, 11) is 1.42. The highest BCUT2D eigenvalue weighted by Gasteiger charge is 2.30. The molecule has 0 bridgehead atoms. The first-order chi connectivity index (χ1) is 7.01. The Morgan fingerprint density at radius 3 is 2.27 bits per heavy atom. The predicted octanol–water partition coefficient (Wildman–Crippen LogP) is 0.108. The Balaban J connectivity index is 2.46. The molecule has 88 valence electrons. The number of hydrogen-bond acceptors (Lipinski definition) is 4. The van der Waals surface area contributed by atoms with Crippen molar-refractivity contribution in [2.45, 2.75) is 19.4 Å². The van der Waals surface area contributed by atoms with Crippen LogP contribution in [0.25, 0.3) is 0 Å². The third-order valence-electron chi connectivity index (χ3n) is 3.07. The number of nitrogens with two attached hydrogens (primary N) is 1. The van der Waals surface area contributed by atoms with E-state index in [1.165, 1.54) is 7.11 Å². The van der Waals surface area contributed by atoms with Crippen molar-refractivity contribution < 1.29 is 9.53 Å². The molecule has 0 aromatic rings. The second kappa shape index (κ2) is 4.81. The van der Waals surface area contributed by atoms with Crippen LogP contribution in [-0.2, 0) is 4.74 Å². The van der Waals surface area contributed by atoms with E-state index >= 15 is 0 Å². The maximum atomic E-state index is 11.3. The van der Waals surface area contributed by atoms with Gasteiger partial charge in [-0.3, -0.25) is 4.90 Å². The Bertz CT molecular complexity index is 223. The first-order valence-electron chi connectivity index (χ1n) is 5.29. The van der Waals surface area contributed by atoms with Crippen molar-refractivity contribution in [2.75, 3.05) is 39.8 Å². The Hall–Kier alpha value is -0.810. The molecule has 1 rings (SSSR count). The van der Waals surface area contributed by atoms with Gasteiger partial charge in [-0.15, -0.1) is 0 Å². The molecule has 15 heavy (non-hydrogen) atoms. The van der Waals surface area contributed by atoms with E-state index in [4.69, 9.17) is 5.73 Å². The molecule has 0 aromatic heterocycles. The standard InChI is InChI=1S/C10H21N3O2/c1-10(2,8-11)13-6-4-12(5-7-13)9(14)15-3/h4-8,11H2,1-3H3. The molecule has 0 atom stereocenters. The topological polar surface area (TPSA) is 58.8 Å². The first kappa shape index (κ1) is 12.3. The van der Waals surface area contributed by atoms with E-state index in [2.05, 4.69) is 23.5 Å². The van der Waals surface area contributed by atoms with E-state index in [1.54, 1.807) is 4.90 Å². The lowest BCUT2D eigenvalue weighted by atomic mass is 10.0. The first-order valence-corrected chi connectivity index (χ1v) is 5.29. The monoisotopic (exact) mass is 215 g/mol. The van der Waals surface area contributed by atoms with Crippen molar-refractivity contribution in [2.24, 2.45) is 5.73 Å². The maximum Gasteiger partial charge on any atom is 0.409 e. The molecular formula is C10H21N3O2. The number of piperazine rings is 1. The zero-order valence-corrected chi connectivity index (χ0v) is 9.82. The van der Waals surface area contributed by atoms with Crippen molar-refractivity contribution in [1.82, 2.24) is 9.80 Å². The van der Waals surface area contributed by atoms with Gasteiger partial charge in [-0.2, -0.15) is 0 Å². The third-order valence-corrected chi connectivity index (χ3v) is 3.07. The number of ether oxygens (including phenoxy) is 1. The molecule has 1 amide bonds. The Kier molecular flexibility index (Phi) is 3.93. The number of amides is 1. The highest BCUT2D eigenvalue weighted by molar-refractivity contribution is 5.67. The molecule has 0 aromatic carbocycles. The summed E-state index contributed by atoms with van der Waals surface area (Å²) < 4.78 is 4.68. The van der Waals surface area contributed by atoms with Gasteiger partial charge in [-0.25, -0.2) is 4.79 Å². The van der Waals surface area contributed by atoms with Crippen molar-refractivity contribution in [3.8, 4) is 0 Å². The van der Waals surface area contributed by atoms with Crippen LogP contribution in [0.4, 0.5) is 4.79 Å². The summed E-state index contributed by atoms with van der Waals surface area (Å²) >= 11 is 0. The molecule has 1 aliphatic heterocycles. The summed E-state index contributed by atoms with van der Waals surface area (Å²) in [5, 5.41) is 0. The van der Waals surface area contributed by atoms with Crippen LogP contribution in [0.3, 0.4) is 0 Å². The van der Waals surface area contributed by atoms with Gasteiger partial charge in [-0.1, -0.05) is 0 Å². The lowest BCUT2D eigenvalue weighted by Crippen LogP contribution is -2.58. The second-order valence-electron chi connectivity index (χ2n) is 4.46. The fraction of sp³-hybridized carbons (Fsp3) is 0.900. The molecule has 2 N–H and O–H groups in total. The minimum absolute atomic E-state index is 0.0161. The van der Waals surface area contributed by atoms with Crippen molar-refractivity contribution in [1.29, 1.82) is 0 Å². The maximum absolute atomic E-state index is 11.3. The van der Waals surface area contributed by atoms with E-state index in [9.17, 15) is 4.79 Å². The number of hydrogen-bond donors (Lipinski definition) is 1. The molecule has 1 heterocycles. The Labute approximate surface area is 91.2 Å². The number of carbonyl (C=O) groups is 1. The zero-order valence-electron chi connectivity index (χ0n) is 9.82. The highest BCUT2D eigenvalue weighted by Crippen LogP contribution is 2.15. The normalized spacial score (nSPS) is 19.1. The van der Waals surface area contributed by atoms with Gasteiger partial charge in [0.15, 0.2) is 0 Å². The minimum atomic E-state index is -0.236. The van der Waals surface area contributed by atoms with Gasteiger partial charge in [0.05, 0.1) is 7.11 Å². The van der Waals surface area contributed by atoms with E-state index in [0.29, 0.717) is 6.54 Å². The molecule has 5 nitrogen and oxygen atoms in total.